The van der Waals surface area contributed by atoms with Gasteiger partial charge in [0.15, 0.2) is 0 Å². The monoisotopic (exact) mass is 396 g/mol. The maximum absolute atomic E-state index is 12.2. The van der Waals surface area contributed by atoms with Crippen LogP contribution in [0.3, 0.4) is 0 Å². The summed E-state index contributed by atoms with van der Waals surface area (Å²) in [5.74, 6) is -0.752. The molecule has 0 fully saturated rings. The third kappa shape index (κ3) is 7.18. The van der Waals surface area contributed by atoms with Crippen molar-refractivity contribution >= 4 is 23.4 Å². The van der Waals surface area contributed by atoms with Crippen molar-refractivity contribution in [3.8, 4) is 5.75 Å². The van der Waals surface area contributed by atoms with E-state index in [9.17, 15) is 22.8 Å². The second-order valence-corrected chi connectivity index (χ2v) is 6.22. The van der Waals surface area contributed by atoms with Crippen molar-refractivity contribution in [1.29, 1.82) is 0 Å². The first-order valence-corrected chi connectivity index (χ1v) is 8.33. The largest absolute Gasteiger partial charge is 0.573 e. The molecule has 150 valence electrons. The van der Waals surface area contributed by atoms with Crippen LogP contribution in [-0.4, -0.2) is 25.0 Å². The zero-order chi connectivity index (χ0) is 20.7. The van der Waals surface area contributed by atoms with Crippen LogP contribution in [0.2, 0.25) is 0 Å². The van der Waals surface area contributed by atoms with Gasteiger partial charge in [0, 0.05) is 16.9 Å². The molecule has 2 amide bonds. The number of carbonyl (C=O) groups excluding carboxylic acids is 2. The minimum absolute atomic E-state index is 0.143. The molecule has 0 atom stereocenters. The van der Waals surface area contributed by atoms with Crippen molar-refractivity contribution in [2.75, 3.05) is 17.2 Å². The zero-order valence-corrected chi connectivity index (χ0v) is 15.2. The number of carbonyl (C=O) groups is 2. The van der Waals surface area contributed by atoms with Crippen LogP contribution in [0.15, 0.2) is 48.5 Å². The molecule has 0 saturated heterocycles. The van der Waals surface area contributed by atoms with Crippen molar-refractivity contribution in [2.24, 2.45) is 5.92 Å². The van der Waals surface area contributed by atoms with E-state index < -0.39 is 24.1 Å². The van der Waals surface area contributed by atoms with Gasteiger partial charge in [-0.15, -0.1) is 13.2 Å². The summed E-state index contributed by atoms with van der Waals surface area (Å²) < 4.78 is 45.3. The molecule has 2 rings (SSSR count). The number of nitrogens with one attached hydrogen (secondary N) is 2. The van der Waals surface area contributed by atoms with E-state index in [1.807, 2.05) is 13.8 Å². The zero-order valence-electron chi connectivity index (χ0n) is 15.2. The number of anilines is 2. The quantitative estimate of drug-likeness (QED) is 0.717. The van der Waals surface area contributed by atoms with Crippen molar-refractivity contribution in [1.82, 2.24) is 0 Å². The van der Waals surface area contributed by atoms with E-state index in [4.69, 9.17) is 4.74 Å². The Labute approximate surface area is 159 Å². The molecule has 6 nitrogen and oxygen atoms in total. The van der Waals surface area contributed by atoms with Crippen LogP contribution in [0.25, 0.3) is 0 Å². The third-order valence-corrected chi connectivity index (χ3v) is 3.26. The van der Waals surface area contributed by atoms with Gasteiger partial charge < -0.3 is 14.8 Å². The van der Waals surface area contributed by atoms with Gasteiger partial charge in [-0.25, -0.2) is 4.79 Å². The highest BCUT2D eigenvalue weighted by molar-refractivity contribution is 6.04. The first kappa shape index (κ1) is 21.1. The van der Waals surface area contributed by atoms with Gasteiger partial charge in [0.2, 0.25) is 0 Å². The lowest BCUT2D eigenvalue weighted by Crippen LogP contribution is -2.17. The van der Waals surface area contributed by atoms with Crippen LogP contribution in [0.4, 0.5) is 29.3 Å². The fourth-order valence-electron chi connectivity index (χ4n) is 2.08. The van der Waals surface area contributed by atoms with Gasteiger partial charge >= 0.3 is 12.5 Å². The Bertz CT molecular complexity index is 821. The second-order valence-electron chi connectivity index (χ2n) is 6.22. The molecular weight excluding hydrogens is 377 g/mol. The van der Waals surface area contributed by atoms with Crippen LogP contribution in [0.5, 0.6) is 5.75 Å². The lowest BCUT2D eigenvalue weighted by molar-refractivity contribution is -0.274. The van der Waals surface area contributed by atoms with Gasteiger partial charge in [0.1, 0.15) is 5.75 Å². The second kappa shape index (κ2) is 9.12. The summed E-state index contributed by atoms with van der Waals surface area (Å²) >= 11 is 0. The Morgan fingerprint density at radius 2 is 1.61 bits per heavy atom. The van der Waals surface area contributed by atoms with Crippen molar-refractivity contribution in [2.45, 2.75) is 20.2 Å². The van der Waals surface area contributed by atoms with Crippen molar-refractivity contribution in [3.63, 3.8) is 0 Å². The molecule has 2 N–H and O–H groups in total. The van der Waals surface area contributed by atoms with Crippen LogP contribution in [-0.2, 0) is 4.74 Å². The number of halogens is 3. The van der Waals surface area contributed by atoms with E-state index in [-0.39, 0.29) is 18.1 Å². The highest BCUT2D eigenvalue weighted by atomic mass is 19.4. The molecule has 0 aliphatic rings. The molecule has 0 spiro atoms. The SMILES string of the molecule is CC(C)COC(=O)Nc1cccc(NC(=O)c2ccc(OC(F)(F)F)cc2)c1. The maximum atomic E-state index is 12.2. The topological polar surface area (TPSA) is 76.7 Å². The van der Waals surface area contributed by atoms with Gasteiger partial charge in [-0.05, 0) is 48.4 Å². The fourth-order valence-corrected chi connectivity index (χ4v) is 2.08. The normalized spacial score (nSPS) is 11.1. The molecule has 9 heteroatoms. The summed E-state index contributed by atoms with van der Waals surface area (Å²) in [5, 5.41) is 5.14. The Morgan fingerprint density at radius 1 is 1.00 bits per heavy atom. The van der Waals surface area contributed by atoms with E-state index >= 15 is 0 Å². The number of ether oxygens (including phenoxy) is 2. The lowest BCUT2D eigenvalue weighted by atomic mass is 10.2. The van der Waals surface area contributed by atoms with Crippen LogP contribution >= 0.6 is 0 Å². The molecule has 2 aromatic carbocycles. The van der Waals surface area contributed by atoms with Crippen molar-refractivity contribution < 1.29 is 32.2 Å². The van der Waals surface area contributed by atoms with Crippen LogP contribution in [0.1, 0.15) is 24.2 Å². The predicted octanol–water partition coefficient (Wildman–Crippen LogP) is 5.04. The first-order chi connectivity index (χ1) is 13.1. The maximum Gasteiger partial charge on any atom is 0.573 e. The van der Waals surface area contributed by atoms with E-state index in [0.717, 1.165) is 12.1 Å². The van der Waals surface area contributed by atoms with Gasteiger partial charge in [0.05, 0.1) is 6.61 Å². The van der Waals surface area contributed by atoms with E-state index in [1.165, 1.54) is 18.2 Å². The number of rotatable bonds is 6. The van der Waals surface area contributed by atoms with Gasteiger partial charge in [-0.2, -0.15) is 0 Å². The fraction of sp³-hybridized carbons (Fsp3) is 0.263. The van der Waals surface area contributed by atoms with E-state index in [2.05, 4.69) is 15.4 Å². The third-order valence-electron chi connectivity index (χ3n) is 3.26. The molecule has 0 unspecified atom stereocenters. The molecule has 2 aromatic rings. The predicted molar refractivity (Wildman–Crippen MR) is 97.3 cm³/mol. The summed E-state index contributed by atoms with van der Waals surface area (Å²) in [4.78, 5) is 23.9. The minimum atomic E-state index is -4.80. The molecule has 0 heterocycles. The molecule has 0 aliphatic heterocycles. The molecule has 0 bridgehead atoms. The highest BCUT2D eigenvalue weighted by Crippen LogP contribution is 2.23. The first-order valence-electron chi connectivity index (χ1n) is 8.33. The Kier molecular flexibility index (Phi) is 6.86. The Balaban J connectivity index is 1.97. The highest BCUT2D eigenvalue weighted by Gasteiger charge is 2.31. The number of alkyl halides is 3. The Hall–Kier alpha value is -3.23. The summed E-state index contributed by atoms with van der Waals surface area (Å²) in [6, 6.07) is 10.9. The molecule has 28 heavy (non-hydrogen) atoms. The summed E-state index contributed by atoms with van der Waals surface area (Å²) in [7, 11) is 0. The van der Waals surface area contributed by atoms with Gasteiger partial charge in [-0.1, -0.05) is 19.9 Å². The number of benzene rings is 2. The number of hydrogen-bond donors (Lipinski definition) is 2. The summed E-state index contributed by atoms with van der Waals surface area (Å²) in [5.41, 5.74) is 0.951. The molecule has 0 aliphatic carbocycles. The minimum Gasteiger partial charge on any atom is -0.449 e. The molecule has 0 radical (unpaired) electrons. The van der Waals surface area contributed by atoms with Gasteiger partial charge in [0.25, 0.3) is 5.91 Å². The van der Waals surface area contributed by atoms with E-state index in [0.29, 0.717) is 11.4 Å². The van der Waals surface area contributed by atoms with E-state index in [1.54, 1.807) is 18.2 Å². The molecule has 0 aromatic heterocycles. The lowest BCUT2D eigenvalue weighted by Gasteiger charge is -2.11. The van der Waals surface area contributed by atoms with Crippen LogP contribution in [0, 0.1) is 5.92 Å². The van der Waals surface area contributed by atoms with Crippen molar-refractivity contribution in [3.05, 3.63) is 54.1 Å². The molecular formula is C19H19F3N2O4. The number of amides is 2. The van der Waals surface area contributed by atoms with Crippen LogP contribution < -0.4 is 15.4 Å². The average Bonchev–Trinajstić information content (AvgIpc) is 2.59. The molecule has 0 saturated carbocycles. The summed E-state index contributed by atoms with van der Waals surface area (Å²) in [6.07, 6.45) is -5.41. The summed E-state index contributed by atoms with van der Waals surface area (Å²) in [6.45, 7) is 4.09. The smallest absolute Gasteiger partial charge is 0.449 e. The standard InChI is InChI=1S/C19H19F3N2O4/c1-12(2)11-27-18(26)24-15-5-3-4-14(10-15)23-17(25)13-6-8-16(9-7-13)28-19(20,21)22/h3-10,12H,11H2,1-2H3,(H,23,25)(H,24,26). The number of hydrogen-bond acceptors (Lipinski definition) is 4. The average molecular weight is 396 g/mol. The van der Waals surface area contributed by atoms with Gasteiger partial charge in [-0.3, -0.25) is 10.1 Å². The Morgan fingerprint density at radius 3 is 2.18 bits per heavy atom.